The van der Waals surface area contributed by atoms with E-state index < -0.39 is 12.6 Å². The van der Waals surface area contributed by atoms with Crippen molar-refractivity contribution in [2.75, 3.05) is 12.3 Å². The minimum atomic E-state index is -4.07. The van der Waals surface area contributed by atoms with Gasteiger partial charge in [-0.3, -0.25) is 0 Å². The number of fused-ring (bicyclic) bond motifs is 1. The summed E-state index contributed by atoms with van der Waals surface area (Å²) in [5, 5.41) is 3.24. The SMILES string of the molecule is Fc1cccc2c1SCCC2NCCCCC(F)(F)F. The number of halogens is 4. The minimum Gasteiger partial charge on any atom is -0.310 e. The third kappa shape index (κ3) is 4.38. The van der Waals surface area contributed by atoms with Crippen LogP contribution in [-0.4, -0.2) is 18.5 Å². The number of hydrogen-bond donors (Lipinski definition) is 1. The molecule has 1 aromatic carbocycles. The first-order chi connectivity index (χ1) is 9.47. The molecular weight excluding hydrogens is 290 g/mol. The van der Waals surface area contributed by atoms with Gasteiger partial charge in [0.15, 0.2) is 0 Å². The zero-order chi connectivity index (χ0) is 14.6. The molecule has 1 aromatic rings. The molecule has 112 valence electrons. The van der Waals surface area contributed by atoms with E-state index in [4.69, 9.17) is 0 Å². The van der Waals surface area contributed by atoms with Gasteiger partial charge in [-0.15, -0.1) is 11.8 Å². The van der Waals surface area contributed by atoms with Gasteiger partial charge in [-0.25, -0.2) is 4.39 Å². The maximum atomic E-state index is 13.6. The number of unbranched alkanes of at least 4 members (excludes halogenated alkanes) is 1. The van der Waals surface area contributed by atoms with Gasteiger partial charge in [-0.2, -0.15) is 13.2 Å². The Morgan fingerprint density at radius 2 is 2.05 bits per heavy atom. The quantitative estimate of drug-likeness (QED) is 0.626. The number of rotatable bonds is 5. The van der Waals surface area contributed by atoms with Crippen LogP contribution >= 0.6 is 11.8 Å². The number of thioether (sulfide) groups is 1. The van der Waals surface area contributed by atoms with Crippen molar-refractivity contribution in [2.45, 2.75) is 42.8 Å². The maximum Gasteiger partial charge on any atom is 0.389 e. The molecule has 20 heavy (non-hydrogen) atoms. The first-order valence-corrected chi connectivity index (χ1v) is 7.67. The predicted molar refractivity (Wildman–Crippen MR) is 72.4 cm³/mol. The van der Waals surface area contributed by atoms with Gasteiger partial charge in [0, 0.05) is 17.4 Å². The van der Waals surface area contributed by atoms with Crippen LogP contribution in [0.25, 0.3) is 0 Å². The molecule has 1 N–H and O–H groups in total. The lowest BCUT2D eigenvalue weighted by molar-refractivity contribution is -0.135. The van der Waals surface area contributed by atoms with Gasteiger partial charge in [0.25, 0.3) is 0 Å². The fourth-order valence-corrected chi connectivity index (χ4v) is 3.47. The van der Waals surface area contributed by atoms with Crippen LogP contribution in [-0.2, 0) is 0 Å². The molecule has 0 bridgehead atoms. The first-order valence-electron chi connectivity index (χ1n) is 6.69. The molecule has 1 heterocycles. The zero-order valence-electron chi connectivity index (χ0n) is 11.0. The van der Waals surface area contributed by atoms with Gasteiger partial charge in [0.05, 0.1) is 0 Å². The molecule has 1 aliphatic heterocycles. The molecule has 0 aliphatic carbocycles. The average molecular weight is 307 g/mol. The van der Waals surface area contributed by atoms with Gasteiger partial charge in [-0.1, -0.05) is 12.1 Å². The molecule has 0 fully saturated rings. The molecule has 0 spiro atoms. The summed E-state index contributed by atoms with van der Waals surface area (Å²) in [5.74, 6) is 0.616. The van der Waals surface area contributed by atoms with E-state index in [1.54, 1.807) is 6.07 Å². The van der Waals surface area contributed by atoms with Crippen molar-refractivity contribution in [1.82, 2.24) is 5.32 Å². The average Bonchev–Trinajstić information content (AvgIpc) is 2.38. The van der Waals surface area contributed by atoms with E-state index in [0.29, 0.717) is 17.9 Å². The zero-order valence-corrected chi connectivity index (χ0v) is 11.8. The van der Waals surface area contributed by atoms with E-state index in [0.717, 1.165) is 17.7 Å². The first kappa shape index (κ1) is 15.6. The summed E-state index contributed by atoms with van der Waals surface area (Å²) in [6.07, 6.45) is -3.32. The molecule has 0 aromatic heterocycles. The third-order valence-corrected chi connectivity index (χ3v) is 4.46. The molecular formula is C14H17F4NS. The monoisotopic (exact) mass is 307 g/mol. The van der Waals surface area contributed by atoms with Gasteiger partial charge in [0.2, 0.25) is 0 Å². The summed E-state index contributed by atoms with van der Waals surface area (Å²) in [6.45, 7) is 0.529. The Morgan fingerprint density at radius 3 is 2.80 bits per heavy atom. The molecule has 2 rings (SSSR count). The van der Waals surface area contributed by atoms with Crippen LogP contribution in [0.15, 0.2) is 23.1 Å². The third-order valence-electron chi connectivity index (χ3n) is 3.30. The van der Waals surface area contributed by atoms with Crippen LogP contribution < -0.4 is 5.32 Å². The molecule has 0 saturated heterocycles. The number of benzene rings is 1. The van der Waals surface area contributed by atoms with Crippen LogP contribution in [0.1, 0.15) is 37.3 Å². The highest BCUT2D eigenvalue weighted by Gasteiger charge is 2.26. The fourth-order valence-electron chi connectivity index (χ4n) is 2.33. The highest BCUT2D eigenvalue weighted by Crippen LogP contribution is 2.37. The lowest BCUT2D eigenvalue weighted by Crippen LogP contribution is -2.26. The smallest absolute Gasteiger partial charge is 0.310 e. The number of alkyl halides is 3. The van der Waals surface area contributed by atoms with Crippen molar-refractivity contribution in [1.29, 1.82) is 0 Å². The van der Waals surface area contributed by atoms with Crippen LogP contribution in [0.4, 0.5) is 17.6 Å². The minimum absolute atomic E-state index is 0.0489. The Labute approximate surface area is 120 Å². The van der Waals surface area contributed by atoms with Crippen molar-refractivity contribution >= 4 is 11.8 Å². The van der Waals surface area contributed by atoms with Crippen LogP contribution in [0.3, 0.4) is 0 Å². The molecule has 1 unspecified atom stereocenters. The Bertz CT molecular complexity index is 447. The summed E-state index contributed by atoms with van der Waals surface area (Å²) in [6, 6.07) is 5.06. The Morgan fingerprint density at radius 1 is 1.25 bits per heavy atom. The number of nitrogens with one attached hydrogen (secondary N) is 1. The Kier molecular flexibility index (Phi) is 5.32. The van der Waals surface area contributed by atoms with Crippen LogP contribution in [0, 0.1) is 5.82 Å². The van der Waals surface area contributed by atoms with E-state index >= 15 is 0 Å². The molecule has 6 heteroatoms. The van der Waals surface area contributed by atoms with E-state index in [1.807, 2.05) is 6.07 Å². The van der Waals surface area contributed by atoms with Gasteiger partial charge in [-0.05, 0) is 43.2 Å². The van der Waals surface area contributed by atoms with Crippen molar-refractivity contribution < 1.29 is 17.6 Å². The summed E-state index contributed by atoms with van der Waals surface area (Å²) in [7, 11) is 0. The second kappa shape index (κ2) is 6.80. The largest absolute Gasteiger partial charge is 0.389 e. The maximum absolute atomic E-state index is 13.6. The summed E-state index contributed by atoms with van der Waals surface area (Å²) in [4.78, 5) is 0.673. The second-order valence-corrected chi connectivity index (χ2v) is 5.98. The molecule has 1 nitrogen and oxygen atoms in total. The molecule has 1 atom stereocenters. The van der Waals surface area contributed by atoms with Crippen LogP contribution in [0.5, 0.6) is 0 Å². The second-order valence-electron chi connectivity index (χ2n) is 4.87. The van der Waals surface area contributed by atoms with Gasteiger partial charge in [0.1, 0.15) is 5.82 Å². The van der Waals surface area contributed by atoms with E-state index in [1.165, 1.54) is 17.8 Å². The lowest BCUT2D eigenvalue weighted by Gasteiger charge is -2.26. The van der Waals surface area contributed by atoms with Crippen molar-refractivity contribution in [2.24, 2.45) is 0 Å². The van der Waals surface area contributed by atoms with Gasteiger partial charge < -0.3 is 5.32 Å². The number of hydrogen-bond acceptors (Lipinski definition) is 2. The molecule has 0 amide bonds. The Balaban J connectivity index is 1.82. The highest BCUT2D eigenvalue weighted by molar-refractivity contribution is 7.99. The predicted octanol–water partition coefficient (Wildman–Crippen LogP) is 4.68. The fraction of sp³-hybridized carbons (Fsp3) is 0.571. The van der Waals surface area contributed by atoms with Crippen molar-refractivity contribution in [3.8, 4) is 0 Å². The van der Waals surface area contributed by atoms with E-state index in [9.17, 15) is 17.6 Å². The molecule has 1 aliphatic rings. The Hall–Kier alpha value is -0.750. The van der Waals surface area contributed by atoms with Crippen molar-refractivity contribution in [3.05, 3.63) is 29.6 Å². The molecule has 0 saturated carbocycles. The van der Waals surface area contributed by atoms with Crippen molar-refractivity contribution in [3.63, 3.8) is 0 Å². The topological polar surface area (TPSA) is 12.0 Å². The normalized spacial score (nSPS) is 18.9. The summed E-state index contributed by atoms with van der Waals surface area (Å²) >= 11 is 1.50. The van der Waals surface area contributed by atoms with E-state index in [-0.39, 0.29) is 18.3 Å². The van der Waals surface area contributed by atoms with E-state index in [2.05, 4.69) is 5.32 Å². The highest BCUT2D eigenvalue weighted by atomic mass is 32.2. The summed E-state index contributed by atoms with van der Waals surface area (Å²) < 4.78 is 49.7. The lowest BCUT2D eigenvalue weighted by atomic mass is 10.0. The summed E-state index contributed by atoms with van der Waals surface area (Å²) in [5.41, 5.74) is 0.928. The van der Waals surface area contributed by atoms with Gasteiger partial charge >= 0.3 is 6.18 Å². The van der Waals surface area contributed by atoms with Crippen LogP contribution in [0.2, 0.25) is 0 Å². The molecule has 0 radical (unpaired) electrons. The standard InChI is InChI=1S/C14H17F4NS/c15-11-5-3-4-10-12(6-9-20-13(10)11)19-8-2-1-7-14(16,17)18/h3-5,12,19H,1-2,6-9H2.